The molecule has 0 aliphatic heterocycles. The highest BCUT2D eigenvalue weighted by molar-refractivity contribution is 5.89. The third-order valence-corrected chi connectivity index (χ3v) is 2.03. The van der Waals surface area contributed by atoms with E-state index in [4.69, 9.17) is 9.84 Å². The van der Waals surface area contributed by atoms with Gasteiger partial charge in [-0.25, -0.2) is 9.78 Å². The fourth-order valence-corrected chi connectivity index (χ4v) is 1.38. The van der Waals surface area contributed by atoms with E-state index in [2.05, 4.69) is 4.98 Å². The third-order valence-electron chi connectivity index (χ3n) is 2.03. The van der Waals surface area contributed by atoms with Gasteiger partial charge in [0.15, 0.2) is 0 Å². The van der Waals surface area contributed by atoms with Crippen LogP contribution in [-0.2, 0) is 6.42 Å². The van der Waals surface area contributed by atoms with Gasteiger partial charge in [0.05, 0.1) is 12.7 Å². The van der Waals surface area contributed by atoms with E-state index in [1.165, 1.54) is 13.2 Å². The number of nitrogens with zero attached hydrogens (tertiary/aromatic N) is 1. The molecular formula is C11H15NO3. The maximum atomic E-state index is 11.0. The smallest absolute Gasteiger partial charge is 0.336 e. The number of pyridine rings is 1. The van der Waals surface area contributed by atoms with E-state index in [-0.39, 0.29) is 5.56 Å². The first kappa shape index (κ1) is 11.5. The molecule has 0 bridgehead atoms. The van der Waals surface area contributed by atoms with Crippen LogP contribution < -0.4 is 4.74 Å². The monoisotopic (exact) mass is 209 g/mol. The molecule has 82 valence electrons. The largest absolute Gasteiger partial charge is 0.481 e. The Balaban J connectivity index is 3.09. The number of rotatable bonds is 4. The lowest BCUT2D eigenvalue weighted by atomic mass is 10.00. The summed E-state index contributed by atoms with van der Waals surface area (Å²) < 4.78 is 4.89. The van der Waals surface area contributed by atoms with Gasteiger partial charge >= 0.3 is 5.97 Å². The standard InChI is InChI=1S/C11H15NO3/c1-7(2)4-8-6-12-10(15-3)5-9(8)11(13)14/h5-7H,4H2,1-3H3,(H,13,14). The molecular weight excluding hydrogens is 194 g/mol. The van der Waals surface area contributed by atoms with Gasteiger partial charge in [-0.3, -0.25) is 0 Å². The van der Waals surface area contributed by atoms with E-state index < -0.39 is 5.97 Å². The Morgan fingerprint density at radius 3 is 2.73 bits per heavy atom. The van der Waals surface area contributed by atoms with Crippen LogP contribution >= 0.6 is 0 Å². The molecule has 0 radical (unpaired) electrons. The fraction of sp³-hybridized carbons (Fsp3) is 0.455. The number of aromatic carboxylic acids is 1. The number of aromatic nitrogens is 1. The van der Waals surface area contributed by atoms with Crippen molar-refractivity contribution in [1.82, 2.24) is 4.98 Å². The van der Waals surface area contributed by atoms with Crippen molar-refractivity contribution >= 4 is 5.97 Å². The Morgan fingerprint density at radius 1 is 1.60 bits per heavy atom. The van der Waals surface area contributed by atoms with Gasteiger partial charge in [0.1, 0.15) is 0 Å². The Bertz CT molecular complexity index is 361. The van der Waals surface area contributed by atoms with Crippen molar-refractivity contribution in [2.75, 3.05) is 7.11 Å². The van der Waals surface area contributed by atoms with E-state index in [9.17, 15) is 4.79 Å². The van der Waals surface area contributed by atoms with Crippen LogP contribution in [0.5, 0.6) is 5.88 Å². The van der Waals surface area contributed by atoms with Crippen molar-refractivity contribution in [2.45, 2.75) is 20.3 Å². The highest BCUT2D eigenvalue weighted by Gasteiger charge is 2.13. The first-order valence-electron chi connectivity index (χ1n) is 4.80. The molecule has 1 N–H and O–H groups in total. The Morgan fingerprint density at radius 2 is 2.27 bits per heavy atom. The predicted molar refractivity (Wildman–Crippen MR) is 56.3 cm³/mol. The molecule has 0 aliphatic rings. The number of ether oxygens (including phenoxy) is 1. The van der Waals surface area contributed by atoms with Crippen LogP contribution in [0.1, 0.15) is 29.8 Å². The molecule has 4 nitrogen and oxygen atoms in total. The van der Waals surface area contributed by atoms with Gasteiger partial charge in [-0.05, 0) is 17.9 Å². The summed E-state index contributed by atoms with van der Waals surface area (Å²) in [5.41, 5.74) is 1.02. The van der Waals surface area contributed by atoms with E-state index in [0.29, 0.717) is 18.2 Å². The van der Waals surface area contributed by atoms with Crippen LogP contribution in [0.3, 0.4) is 0 Å². The maximum absolute atomic E-state index is 11.0. The Kier molecular flexibility index (Phi) is 3.66. The second-order valence-electron chi connectivity index (χ2n) is 3.79. The molecule has 1 heterocycles. The number of hydrogen-bond acceptors (Lipinski definition) is 3. The zero-order valence-corrected chi connectivity index (χ0v) is 9.15. The molecule has 0 saturated heterocycles. The number of carboxylic acids is 1. The van der Waals surface area contributed by atoms with Gasteiger partial charge < -0.3 is 9.84 Å². The summed E-state index contributed by atoms with van der Waals surface area (Å²) in [6.45, 7) is 4.08. The Labute approximate surface area is 88.9 Å². The minimum Gasteiger partial charge on any atom is -0.481 e. The lowest BCUT2D eigenvalue weighted by Crippen LogP contribution is -2.06. The molecule has 1 aromatic rings. The highest BCUT2D eigenvalue weighted by atomic mass is 16.5. The molecule has 15 heavy (non-hydrogen) atoms. The first-order chi connectivity index (χ1) is 7.04. The van der Waals surface area contributed by atoms with Crippen LogP contribution in [0, 0.1) is 5.92 Å². The number of methoxy groups -OCH3 is 1. The normalized spacial score (nSPS) is 10.4. The molecule has 0 fully saturated rings. The van der Waals surface area contributed by atoms with Crippen LogP contribution in [0.25, 0.3) is 0 Å². The average molecular weight is 209 g/mol. The number of hydrogen-bond donors (Lipinski definition) is 1. The van der Waals surface area contributed by atoms with Crippen molar-refractivity contribution in [2.24, 2.45) is 5.92 Å². The topological polar surface area (TPSA) is 59.4 Å². The van der Waals surface area contributed by atoms with Crippen molar-refractivity contribution in [3.63, 3.8) is 0 Å². The summed E-state index contributed by atoms with van der Waals surface area (Å²) in [6.07, 6.45) is 2.28. The van der Waals surface area contributed by atoms with Gasteiger partial charge in [-0.2, -0.15) is 0 Å². The molecule has 0 aliphatic carbocycles. The Hall–Kier alpha value is -1.58. The molecule has 0 saturated carbocycles. The SMILES string of the molecule is COc1cc(C(=O)O)c(CC(C)C)cn1. The van der Waals surface area contributed by atoms with Crippen LogP contribution in [-0.4, -0.2) is 23.2 Å². The van der Waals surface area contributed by atoms with Gasteiger partial charge in [0.25, 0.3) is 0 Å². The average Bonchev–Trinajstić information content (AvgIpc) is 2.17. The second-order valence-corrected chi connectivity index (χ2v) is 3.79. The molecule has 4 heteroatoms. The summed E-state index contributed by atoms with van der Waals surface area (Å²) in [6, 6.07) is 1.46. The quantitative estimate of drug-likeness (QED) is 0.823. The van der Waals surface area contributed by atoms with Crippen molar-refractivity contribution in [1.29, 1.82) is 0 Å². The summed E-state index contributed by atoms with van der Waals surface area (Å²) in [5.74, 6) is -0.204. The van der Waals surface area contributed by atoms with Gasteiger partial charge in [0.2, 0.25) is 5.88 Å². The molecule has 1 aromatic heterocycles. The lowest BCUT2D eigenvalue weighted by molar-refractivity contribution is 0.0695. The fourth-order valence-electron chi connectivity index (χ4n) is 1.38. The predicted octanol–water partition coefficient (Wildman–Crippen LogP) is 1.99. The molecule has 0 spiro atoms. The summed E-state index contributed by atoms with van der Waals surface area (Å²) >= 11 is 0. The van der Waals surface area contributed by atoms with Crippen molar-refractivity contribution < 1.29 is 14.6 Å². The van der Waals surface area contributed by atoms with E-state index >= 15 is 0 Å². The summed E-state index contributed by atoms with van der Waals surface area (Å²) in [5, 5.41) is 9.02. The summed E-state index contributed by atoms with van der Waals surface area (Å²) in [7, 11) is 1.47. The van der Waals surface area contributed by atoms with Gasteiger partial charge in [-0.15, -0.1) is 0 Å². The van der Waals surface area contributed by atoms with Crippen LogP contribution in [0.15, 0.2) is 12.3 Å². The highest BCUT2D eigenvalue weighted by Crippen LogP contribution is 2.17. The van der Waals surface area contributed by atoms with Gasteiger partial charge in [0, 0.05) is 12.3 Å². The third kappa shape index (κ3) is 2.94. The van der Waals surface area contributed by atoms with E-state index in [0.717, 1.165) is 5.56 Å². The van der Waals surface area contributed by atoms with Crippen molar-refractivity contribution in [3.05, 3.63) is 23.4 Å². The molecule has 0 aromatic carbocycles. The second kappa shape index (κ2) is 4.77. The molecule has 0 unspecified atom stereocenters. The minimum atomic E-state index is -0.939. The summed E-state index contributed by atoms with van der Waals surface area (Å²) in [4.78, 5) is 15.0. The van der Waals surface area contributed by atoms with E-state index in [1.807, 2.05) is 13.8 Å². The molecule has 0 atom stereocenters. The number of carboxylic acid groups (broad SMARTS) is 1. The van der Waals surface area contributed by atoms with E-state index in [1.54, 1.807) is 6.20 Å². The molecule has 0 amide bonds. The lowest BCUT2D eigenvalue weighted by Gasteiger charge is -2.09. The zero-order valence-electron chi connectivity index (χ0n) is 9.15. The first-order valence-corrected chi connectivity index (χ1v) is 4.80. The number of carbonyl (C=O) groups is 1. The maximum Gasteiger partial charge on any atom is 0.336 e. The molecule has 1 rings (SSSR count). The van der Waals surface area contributed by atoms with Crippen LogP contribution in [0.4, 0.5) is 0 Å². The van der Waals surface area contributed by atoms with Crippen molar-refractivity contribution in [3.8, 4) is 5.88 Å². The minimum absolute atomic E-state index is 0.274. The zero-order chi connectivity index (χ0) is 11.4. The van der Waals surface area contributed by atoms with Crippen LogP contribution in [0.2, 0.25) is 0 Å². The van der Waals surface area contributed by atoms with Gasteiger partial charge in [-0.1, -0.05) is 13.8 Å².